The lowest BCUT2D eigenvalue weighted by Gasteiger charge is -2.06. The van der Waals surface area contributed by atoms with Gasteiger partial charge in [0.2, 0.25) is 0 Å². The Hall–Kier alpha value is -1.99. The molecule has 0 radical (unpaired) electrons. The van der Waals surface area contributed by atoms with E-state index < -0.39 is 0 Å². The molecule has 1 heterocycles. The summed E-state index contributed by atoms with van der Waals surface area (Å²) in [5.41, 5.74) is 1.90. The Morgan fingerprint density at radius 2 is 2.30 bits per heavy atom. The zero-order valence-corrected chi connectivity index (χ0v) is 11.8. The van der Waals surface area contributed by atoms with Crippen LogP contribution in [0, 0.1) is 12.3 Å². The van der Waals surface area contributed by atoms with Gasteiger partial charge in [0.05, 0.1) is 24.2 Å². The molecule has 0 bridgehead atoms. The van der Waals surface area contributed by atoms with Gasteiger partial charge in [0.25, 0.3) is 0 Å². The van der Waals surface area contributed by atoms with Gasteiger partial charge in [-0.05, 0) is 25.0 Å². The fourth-order valence-corrected chi connectivity index (χ4v) is 2.16. The van der Waals surface area contributed by atoms with E-state index in [0.29, 0.717) is 19.6 Å². The zero-order valence-electron chi connectivity index (χ0n) is 11.8. The molecule has 2 aromatic rings. The highest BCUT2D eigenvalue weighted by Crippen LogP contribution is 2.22. The summed E-state index contributed by atoms with van der Waals surface area (Å²) in [7, 11) is 0. The molecule has 1 N–H and O–H groups in total. The number of ether oxygens (including phenoxy) is 1. The number of fused-ring (bicyclic) bond motifs is 1. The number of imidazole rings is 1. The van der Waals surface area contributed by atoms with Crippen molar-refractivity contribution in [3.05, 3.63) is 24.0 Å². The third-order valence-electron chi connectivity index (χ3n) is 3.08. The SMILES string of the molecule is C#CCn1c(CCCO)nc2cc(OCCC)ccc21. The minimum Gasteiger partial charge on any atom is -0.494 e. The minimum absolute atomic E-state index is 0.157. The molecule has 4 nitrogen and oxygen atoms in total. The highest BCUT2D eigenvalue weighted by Gasteiger charge is 2.10. The Bertz CT molecular complexity index is 611. The average molecular weight is 272 g/mol. The van der Waals surface area contributed by atoms with Crippen molar-refractivity contribution in [1.29, 1.82) is 0 Å². The molecule has 20 heavy (non-hydrogen) atoms. The molecular formula is C16H20N2O2. The first kappa shape index (κ1) is 14.4. The number of hydrogen-bond donors (Lipinski definition) is 1. The first-order valence-electron chi connectivity index (χ1n) is 6.96. The summed E-state index contributed by atoms with van der Waals surface area (Å²) in [6, 6.07) is 5.89. The van der Waals surface area contributed by atoms with Gasteiger partial charge in [-0.1, -0.05) is 12.8 Å². The van der Waals surface area contributed by atoms with Crippen LogP contribution in [0.5, 0.6) is 5.75 Å². The van der Waals surface area contributed by atoms with Crippen molar-refractivity contribution in [2.24, 2.45) is 0 Å². The molecule has 1 aromatic heterocycles. The Kier molecular flexibility index (Phi) is 5.03. The maximum Gasteiger partial charge on any atom is 0.121 e. The van der Waals surface area contributed by atoms with Crippen LogP contribution >= 0.6 is 0 Å². The van der Waals surface area contributed by atoms with E-state index in [1.54, 1.807) is 0 Å². The van der Waals surface area contributed by atoms with Crippen molar-refractivity contribution in [3.8, 4) is 18.1 Å². The average Bonchev–Trinajstić information content (AvgIpc) is 2.80. The van der Waals surface area contributed by atoms with Crippen LogP contribution in [0.1, 0.15) is 25.6 Å². The van der Waals surface area contributed by atoms with Crippen molar-refractivity contribution in [2.45, 2.75) is 32.7 Å². The Balaban J connectivity index is 2.36. The van der Waals surface area contributed by atoms with E-state index in [1.807, 2.05) is 22.8 Å². The van der Waals surface area contributed by atoms with Crippen LogP contribution in [0.15, 0.2) is 18.2 Å². The molecule has 0 spiro atoms. The molecule has 0 aliphatic carbocycles. The second-order valence-electron chi connectivity index (χ2n) is 4.64. The van der Waals surface area contributed by atoms with E-state index in [-0.39, 0.29) is 6.61 Å². The summed E-state index contributed by atoms with van der Waals surface area (Å²) in [6.45, 7) is 3.43. The first-order chi connectivity index (χ1) is 9.80. The lowest BCUT2D eigenvalue weighted by atomic mass is 10.3. The minimum atomic E-state index is 0.157. The van der Waals surface area contributed by atoms with E-state index in [2.05, 4.69) is 17.8 Å². The van der Waals surface area contributed by atoms with Gasteiger partial charge in [-0.15, -0.1) is 6.42 Å². The number of benzene rings is 1. The van der Waals surface area contributed by atoms with Crippen LogP contribution < -0.4 is 4.74 Å². The quantitative estimate of drug-likeness (QED) is 0.787. The maximum atomic E-state index is 8.97. The maximum absolute atomic E-state index is 8.97. The lowest BCUT2D eigenvalue weighted by Crippen LogP contribution is -2.03. The second kappa shape index (κ2) is 6.97. The molecular weight excluding hydrogens is 252 g/mol. The third kappa shape index (κ3) is 3.12. The number of nitrogens with zero attached hydrogens (tertiary/aromatic N) is 2. The molecule has 0 amide bonds. The summed E-state index contributed by atoms with van der Waals surface area (Å²) >= 11 is 0. The first-order valence-corrected chi connectivity index (χ1v) is 6.96. The summed E-state index contributed by atoms with van der Waals surface area (Å²) in [5.74, 6) is 4.41. The Morgan fingerprint density at radius 3 is 3.00 bits per heavy atom. The number of rotatable bonds is 7. The molecule has 4 heteroatoms. The fraction of sp³-hybridized carbons (Fsp3) is 0.438. The van der Waals surface area contributed by atoms with Crippen molar-refractivity contribution < 1.29 is 9.84 Å². The van der Waals surface area contributed by atoms with Crippen LogP contribution in [0.4, 0.5) is 0 Å². The van der Waals surface area contributed by atoms with Crippen molar-refractivity contribution >= 4 is 11.0 Å². The molecule has 0 unspecified atom stereocenters. The van der Waals surface area contributed by atoms with E-state index in [1.165, 1.54) is 0 Å². The molecule has 1 aromatic carbocycles. The normalized spacial score (nSPS) is 10.7. The number of aliphatic hydroxyl groups excluding tert-OH is 1. The monoisotopic (exact) mass is 272 g/mol. The van der Waals surface area contributed by atoms with Gasteiger partial charge in [-0.25, -0.2) is 4.98 Å². The number of terminal acetylenes is 1. The molecule has 0 atom stereocenters. The van der Waals surface area contributed by atoms with Gasteiger partial charge in [-0.3, -0.25) is 0 Å². The number of aryl methyl sites for hydroxylation is 1. The van der Waals surface area contributed by atoms with Gasteiger partial charge in [-0.2, -0.15) is 0 Å². The van der Waals surface area contributed by atoms with Gasteiger partial charge >= 0.3 is 0 Å². The predicted molar refractivity (Wildman–Crippen MR) is 79.8 cm³/mol. The third-order valence-corrected chi connectivity index (χ3v) is 3.08. The lowest BCUT2D eigenvalue weighted by molar-refractivity contribution is 0.287. The van der Waals surface area contributed by atoms with Crippen molar-refractivity contribution in [1.82, 2.24) is 9.55 Å². The van der Waals surface area contributed by atoms with Crippen LogP contribution in [0.3, 0.4) is 0 Å². The fourth-order valence-electron chi connectivity index (χ4n) is 2.16. The molecule has 2 rings (SSSR count). The van der Waals surface area contributed by atoms with Gasteiger partial charge in [0.15, 0.2) is 0 Å². The zero-order chi connectivity index (χ0) is 14.4. The summed E-state index contributed by atoms with van der Waals surface area (Å²) in [4.78, 5) is 4.61. The second-order valence-corrected chi connectivity index (χ2v) is 4.64. The van der Waals surface area contributed by atoms with Gasteiger partial charge in [0, 0.05) is 19.1 Å². The summed E-state index contributed by atoms with van der Waals surface area (Å²) in [5, 5.41) is 8.97. The number of aliphatic hydroxyl groups is 1. The standard InChI is InChI=1S/C16H20N2O2/c1-3-9-18-15-8-7-13(20-11-4-2)12-14(15)17-16(18)6-5-10-19/h1,7-8,12,19H,4-6,9-11H2,2H3. The molecule has 0 aliphatic rings. The molecule has 0 saturated carbocycles. The smallest absolute Gasteiger partial charge is 0.121 e. The van der Waals surface area contributed by atoms with Crippen LogP contribution in [-0.4, -0.2) is 27.9 Å². The molecule has 0 fully saturated rings. The Morgan fingerprint density at radius 1 is 1.45 bits per heavy atom. The molecule has 0 saturated heterocycles. The van der Waals surface area contributed by atoms with Crippen molar-refractivity contribution in [2.75, 3.05) is 13.2 Å². The van der Waals surface area contributed by atoms with Crippen molar-refractivity contribution in [3.63, 3.8) is 0 Å². The summed E-state index contributed by atoms with van der Waals surface area (Å²) < 4.78 is 7.65. The van der Waals surface area contributed by atoms with Crippen LogP contribution in [0.25, 0.3) is 11.0 Å². The Labute approximate surface area is 119 Å². The molecule has 0 aliphatic heterocycles. The topological polar surface area (TPSA) is 47.3 Å². The van der Waals surface area contributed by atoms with Crippen LogP contribution in [0.2, 0.25) is 0 Å². The molecule has 106 valence electrons. The van der Waals surface area contributed by atoms with Gasteiger partial charge in [0.1, 0.15) is 11.6 Å². The highest BCUT2D eigenvalue weighted by molar-refractivity contribution is 5.78. The van der Waals surface area contributed by atoms with Crippen LogP contribution in [-0.2, 0) is 13.0 Å². The van der Waals surface area contributed by atoms with E-state index in [0.717, 1.165) is 35.4 Å². The van der Waals surface area contributed by atoms with E-state index in [9.17, 15) is 0 Å². The summed E-state index contributed by atoms with van der Waals surface area (Å²) in [6.07, 6.45) is 7.82. The number of aromatic nitrogens is 2. The number of hydrogen-bond acceptors (Lipinski definition) is 3. The highest BCUT2D eigenvalue weighted by atomic mass is 16.5. The van der Waals surface area contributed by atoms with E-state index in [4.69, 9.17) is 16.3 Å². The predicted octanol–water partition coefficient (Wildman–Crippen LogP) is 2.38. The van der Waals surface area contributed by atoms with Gasteiger partial charge < -0.3 is 14.4 Å². The largest absolute Gasteiger partial charge is 0.494 e. The van der Waals surface area contributed by atoms with E-state index >= 15 is 0 Å².